The van der Waals surface area contributed by atoms with E-state index in [9.17, 15) is 13.2 Å². The van der Waals surface area contributed by atoms with E-state index in [1.807, 2.05) is 0 Å². The van der Waals surface area contributed by atoms with Crippen molar-refractivity contribution in [2.45, 2.75) is 31.3 Å². The molecule has 3 rings (SSSR count). The molecule has 8 nitrogen and oxygen atoms in total. The summed E-state index contributed by atoms with van der Waals surface area (Å²) in [6.45, 7) is 3.76. The standard InChI is InChI=1S/C17H20N2O6S/c1-11(2)16(17(20)18-9-12-4-3-7-23-12)19-26(21,22)13-5-6-14-15(8-13)25-10-24-14/h3-8,11,16,19H,9-10H2,1-2H3,(H,18,20)/t16-/m1/s1. The minimum atomic E-state index is -3.91. The molecule has 1 aliphatic rings. The third kappa shape index (κ3) is 4.00. The first-order chi connectivity index (χ1) is 12.4. The number of nitrogens with one attached hydrogen (secondary N) is 2. The lowest BCUT2D eigenvalue weighted by atomic mass is 10.1. The monoisotopic (exact) mass is 380 g/mol. The molecule has 0 saturated carbocycles. The van der Waals surface area contributed by atoms with E-state index in [2.05, 4.69) is 10.0 Å². The molecule has 1 aromatic carbocycles. The number of sulfonamides is 1. The second-order valence-corrected chi connectivity index (χ2v) is 7.87. The van der Waals surface area contributed by atoms with E-state index in [0.717, 1.165) is 0 Å². The number of benzene rings is 1. The molecule has 1 amide bonds. The third-order valence-electron chi connectivity index (χ3n) is 3.90. The molecule has 1 aromatic heterocycles. The normalized spacial score (nSPS) is 14.4. The van der Waals surface area contributed by atoms with Gasteiger partial charge >= 0.3 is 0 Å². The number of hydrogen-bond donors (Lipinski definition) is 2. The molecule has 26 heavy (non-hydrogen) atoms. The van der Waals surface area contributed by atoms with E-state index in [1.54, 1.807) is 26.0 Å². The lowest BCUT2D eigenvalue weighted by Gasteiger charge is -2.21. The van der Waals surface area contributed by atoms with Crippen molar-refractivity contribution >= 4 is 15.9 Å². The van der Waals surface area contributed by atoms with Gasteiger partial charge in [0, 0.05) is 6.07 Å². The van der Waals surface area contributed by atoms with Crippen molar-refractivity contribution in [2.75, 3.05) is 6.79 Å². The van der Waals surface area contributed by atoms with Crippen molar-refractivity contribution in [3.63, 3.8) is 0 Å². The first-order valence-corrected chi connectivity index (χ1v) is 9.57. The van der Waals surface area contributed by atoms with Gasteiger partial charge in [0.05, 0.1) is 17.7 Å². The Morgan fingerprint density at radius 2 is 1.96 bits per heavy atom. The first kappa shape index (κ1) is 18.3. The first-order valence-electron chi connectivity index (χ1n) is 8.09. The zero-order valence-electron chi connectivity index (χ0n) is 14.4. The Morgan fingerprint density at radius 3 is 2.65 bits per heavy atom. The summed E-state index contributed by atoms with van der Waals surface area (Å²) in [5.74, 6) is 0.743. The van der Waals surface area contributed by atoms with Gasteiger partial charge in [-0.05, 0) is 30.2 Å². The Bertz CT molecular complexity index is 877. The SMILES string of the molecule is CC(C)[C@@H](NS(=O)(=O)c1ccc2c(c1)OCO2)C(=O)NCc1ccco1. The molecular weight excluding hydrogens is 360 g/mol. The van der Waals surface area contributed by atoms with Crippen molar-refractivity contribution in [1.29, 1.82) is 0 Å². The smallest absolute Gasteiger partial charge is 0.241 e. The van der Waals surface area contributed by atoms with Crippen LogP contribution in [-0.4, -0.2) is 27.2 Å². The molecule has 0 spiro atoms. The Morgan fingerprint density at radius 1 is 1.19 bits per heavy atom. The van der Waals surface area contributed by atoms with Gasteiger partial charge in [0.15, 0.2) is 11.5 Å². The largest absolute Gasteiger partial charge is 0.467 e. The number of furan rings is 1. The summed E-state index contributed by atoms with van der Waals surface area (Å²) in [6, 6.07) is 6.82. The fourth-order valence-electron chi connectivity index (χ4n) is 2.47. The van der Waals surface area contributed by atoms with Crippen molar-refractivity contribution in [1.82, 2.24) is 10.0 Å². The van der Waals surface area contributed by atoms with Crippen molar-refractivity contribution in [3.8, 4) is 11.5 Å². The molecule has 0 bridgehead atoms. The topological polar surface area (TPSA) is 107 Å². The highest BCUT2D eigenvalue weighted by atomic mass is 32.2. The Hall–Kier alpha value is -2.52. The van der Waals surface area contributed by atoms with Crippen LogP contribution < -0.4 is 19.5 Å². The number of ether oxygens (including phenoxy) is 2. The molecule has 0 unspecified atom stereocenters. The van der Waals surface area contributed by atoms with Gasteiger partial charge in [0.1, 0.15) is 11.8 Å². The highest BCUT2D eigenvalue weighted by Gasteiger charge is 2.29. The Balaban J connectivity index is 1.72. The number of carbonyl (C=O) groups is 1. The van der Waals surface area contributed by atoms with Gasteiger partial charge in [0.2, 0.25) is 22.7 Å². The Kier molecular flexibility index (Phi) is 5.19. The fourth-order valence-corrected chi connectivity index (χ4v) is 3.83. The fraction of sp³-hybridized carbons (Fsp3) is 0.353. The zero-order chi connectivity index (χ0) is 18.7. The molecule has 9 heteroatoms. The summed E-state index contributed by atoms with van der Waals surface area (Å²) in [4.78, 5) is 12.5. The van der Waals surface area contributed by atoms with E-state index in [4.69, 9.17) is 13.9 Å². The van der Waals surface area contributed by atoms with Crippen LogP contribution in [-0.2, 0) is 21.4 Å². The quantitative estimate of drug-likeness (QED) is 0.756. The molecule has 2 N–H and O–H groups in total. The second kappa shape index (κ2) is 7.38. The molecular formula is C17H20N2O6S. The highest BCUT2D eigenvalue weighted by molar-refractivity contribution is 7.89. The van der Waals surface area contributed by atoms with Gasteiger partial charge in [-0.1, -0.05) is 13.8 Å². The van der Waals surface area contributed by atoms with Crippen LogP contribution in [0.1, 0.15) is 19.6 Å². The average Bonchev–Trinajstić information content (AvgIpc) is 3.27. The van der Waals surface area contributed by atoms with Crippen LogP contribution in [0.4, 0.5) is 0 Å². The molecule has 1 atom stereocenters. The molecule has 0 aliphatic carbocycles. The summed E-state index contributed by atoms with van der Waals surface area (Å²) in [5, 5.41) is 2.68. The molecule has 1 aliphatic heterocycles. The summed E-state index contributed by atoms with van der Waals surface area (Å²) < 4.78 is 43.4. The van der Waals surface area contributed by atoms with E-state index >= 15 is 0 Å². The zero-order valence-corrected chi connectivity index (χ0v) is 15.2. The van der Waals surface area contributed by atoms with Crippen LogP contribution in [0.25, 0.3) is 0 Å². The maximum absolute atomic E-state index is 12.7. The van der Waals surface area contributed by atoms with Gasteiger partial charge in [-0.2, -0.15) is 4.72 Å². The molecule has 2 heterocycles. The lowest BCUT2D eigenvalue weighted by molar-refractivity contribution is -0.123. The maximum atomic E-state index is 12.7. The molecule has 0 saturated heterocycles. The minimum Gasteiger partial charge on any atom is -0.467 e. The summed E-state index contributed by atoms with van der Waals surface area (Å²) >= 11 is 0. The summed E-state index contributed by atoms with van der Waals surface area (Å²) in [5.41, 5.74) is 0. The van der Waals surface area contributed by atoms with Crippen molar-refractivity contribution < 1.29 is 27.1 Å². The minimum absolute atomic E-state index is 0.00577. The molecule has 0 radical (unpaired) electrons. The third-order valence-corrected chi connectivity index (χ3v) is 5.34. The highest BCUT2D eigenvalue weighted by Crippen LogP contribution is 2.33. The maximum Gasteiger partial charge on any atom is 0.241 e. The number of fused-ring (bicyclic) bond motifs is 1. The number of amides is 1. The predicted molar refractivity (Wildman–Crippen MR) is 92.1 cm³/mol. The lowest BCUT2D eigenvalue weighted by Crippen LogP contribution is -2.49. The van der Waals surface area contributed by atoms with Crippen LogP contribution in [0.15, 0.2) is 45.9 Å². The van der Waals surface area contributed by atoms with Gasteiger partial charge in [0.25, 0.3) is 0 Å². The molecule has 2 aromatic rings. The molecule has 140 valence electrons. The van der Waals surface area contributed by atoms with Crippen molar-refractivity contribution in [2.24, 2.45) is 5.92 Å². The number of carbonyl (C=O) groups excluding carboxylic acids is 1. The van der Waals surface area contributed by atoms with Gasteiger partial charge in [-0.15, -0.1) is 0 Å². The van der Waals surface area contributed by atoms with E-state index in [0.29, 0.717) is 17.3 Å². The average molecular weight is 380 g/mol. The van der Waals surface area contributed by atoms with Crippen LogP contribution in [0.5, 0.6) is 11.5 Å². The van der Waals surface area contributed by atoms with Crippen LogP contribution in [0.3, 0.4) is 0 Å². The van der Waals surface area contributed by atoms with Crippen molar-refractivity contribution in [3.05, 3.63) is 42.4 Å². The van der Waals surface area contributed by atoms with E-state index in [1.165, 1.54) is 24.5 Å². The van der Waals surface area contributed by atoms with Crippen LogP contribution >= 0.6 is 0 Å². The van der Waals surface area contributed by atoms with Gasteiger partial charge < -0.3 is 19.2 Å². The molecule has 0 fully saturated rings. The van der Waals surface area contributed by atoms with E-state index < -0.39 is 22.0 Å². The van der Waals surface area contributed by atoms with E-state index in [-0.39, 0.29) is 24.2 Å². The van der Waals surface area contributed by atoms with Gasteiger partial charge in [-0.25, -0.2) is 8.42 Å². The van der Waals surface area contributed by atoms with Crippen LogP contribution in [0.2, 0.25) is 0 Å². The Labute approximate surface area is 151 Å². The van der Waals surface area contributed by atoms with Gasteiger partial charge in [-0.3, -0.25) is 4.79 Å². The summed E-state index contributed by atoms with van der Waals surface area (Å²) in [6.07, 6.45) is 1.50. The predicted octanol–water partition coefficient (Wildman–Crippen LogP) is 1.63. The number of hydrogen-bond acceptors (Lipinski definition) is 6. The second-order valence-electron chi connectivity index (χ2n) is 6.16. The van der Waals surface area contributed by atoms with Crippen LogP contribution in [0, 0.1) is 5.92 Å². The number of rotatable bonds is 7. The summed E-state index contributed by atoms with van der Waals surface area (Å²) in [7, 11) is -3.91.